The van der Waals surface area contributed by atoms with Crippen LogP contribution in [-0.4, -0.2) is 96.7 Å². The van der Waals surface area contributed by atoms with E-state index >= 15 is 0 Å². The Hall–Kier alpha value is -1.94. The van der Waals surface area contributed by atoms with Crippen LogP contribution in [0.5, 0.6) is 0 Å². The maximum absolute atomic E-state index is 13.1. The highest BCUT2D eigenvalue weighted by molar-refractivity contribution is 7.47. The van der Waals surface area contributed by atoms with Crippen molar-refractivity contribution >= 4 is 39.5 Å². The van der Waals surface area contributed by atoms with E-state index in [1.165, 1.54) is 231 Å². The molecule has 19 heteroatoms. The maximum atomic E-state index is 13.1. The van der Waals surface area contributed by atoms with E-state index in [1.807, 2.05) is 0 Å². The average Bonchev–Trinajstić information content (AvgIpc) is 0.924. The van der Waals surface area contributed by atoms with Crippen molar-refractivity contribution in [1.82, 2.24) is 0 Å². The molecule has 0 aromatic rings. The number of unbranched alkanes of at least 4 members (excludes halogenated alkanes) is 47. The van der Waals surface area contributed by atoms with Crippen molar-refractivity contribution in [3.05, 3.63) is 0 Å². The third-order valence-electron chi connectivity index (χ3n) is 18.9. The topological polar surface area (TPSA) is 237 Å². The van der Waals surface area contributed by atoms with Gasteiger partial charge in [-0.15, -0.1) is 0 Å². The van der Waals surface area contributed by atoms with Crippen molar-refractivity contribution in [3.63, 3.8) is 0 Å². The molecule has 0 spiro atoms. The van der Waals surface area contributed by atoms with Crippen molar-refractivity contribution in [2.24, 2.45) is 17.8 Å². The quantitative estimate of drug-likeness (QED) is 0.0222. The van der Waals surface area contributed by atoms with E-state index < -0.39 is 97.5 Å². The molecule has 0 saturated heterocycles. The van der Waals surface area contributed by atoms with Crippen LogP contribution >= 0.6 is 15.6 Å². The lowest BCUT2D eigenvalue weighted by Gasteiger charge is -2.21. The predicted octanol–water partition coefficient (Wildman–Crippen LogP) is 24.1. The van der Waals surface area contributed by atoms with Gasteiger partial charge in [-0.25, -0.2) is 9.13 Å². The van der Waals surface area contributed by atoms with Crippen LogP contribution in [0.2, 0.25) is 0 Å². The third kappa shape index (κ3) is 74.3. The summed E-state index contributed by atoms with van der Waals surface area (Å²) in [7, 11) is -9.92. The predicted molar refractivity (Wildman–Crippen MR) is 409 cm³/mol. The lowest BCUT2D eigenvalue weighted by Crippen LogP contribution is -2.30. The zero-order valence-corrected chi connectivity index (χ0v) is 67.5. The molecule has 0 aromatic carbocycles. The largest absolute Gasteiger partial charge is 0.472 e. The van der Waals surface area contributed by atoms with Gasteiger partial charge in [0.25, 0.3) is 0 Å². The Bertz CT molecular complexity index is 1940. The van der Waals surface area contributed by atoms with Crippen LogP contribution in [0.25, 0.3) is 0 Å². The Kier molecular flexibility index (Phi) is 69.9. The summed E-state index contributed by atoms with van der Waals surface area (Å²) in [5.74, 6) is 0.154. The van der Waals surface area contributed by atoms with Crippen LogP contribution < -0.4 is 0 Å². The second kappa shape index (κ2) is 71.3. The Labute approximate surface area is 613 Å². The number of carbonyl (C=O) groups excluding carboxylic acids is 4. The number of aliphatic hydroxyl groups excluding tert-OH is 1. The van der Waals surface area contributed by atoms with Gasteiger partial charge in [-0.2, -0.15) is 0 Å². The first kappa shape index (κ1) is 98.1. The summed E-state index contributed by atoms with van der Waals surface area (Å²) < 4.78 is 68.7. The van der Waals surface area contributed by atoms with Gasteiger partial charge in [0.15, 0.2) is 12.2 Å². The molecule has 594 valence electrons. The van der Waals surface area contributed by atoms with Gasteiger partial charge in [-0.3, -0.25) is 37.3 Å². The number of ether oxygens (including phenoxy) is 4. The minimum absolute atomic E-state index is 0.106. The third-order valence-corrected chi connectivity index (χ3v) is 20.8. The molecule has 3 N–H and O–H groups in total. The molecular formula is C81H158O17P2. The molecule has 17 nitrogen and oxygen atoms in total. The molecule has 0 aliphatic carbocycles. The van der Waals surface area contributed by atoms with Crippen molar-refractivity contribution in [2.75, 3.05) is 39.6 Å². The number of phosphoric ester groups is 2. The molecule has 2 unspecified atom stereocenters. The van der Waals surface area contributed by atoms with Gasteiger partial charge in [0.1, 0.15) is 19.3 Å². The summed E-state index contributed by atoms with van der Waals surface area (Å²) in [6.07, 6.45) is 59.8. The summed E-state index contributed by atoms with van der Waals surface area (Å²) in [4.78, 5) is 73.0. The zero-order chi connectivity index (χ0) is 73.7. The standard InChI is InChI=1S/C81H158O17P2/c1-8-9-10-11-12-13-14-15-16-17-18-19-20-21-22-23-26-35-43-50-57-64-80(85)97-76(68-91-78(83)62-55-48-41-34-27-24-25-31-38-45-52-59-72(2)3)70-95-99(87,88)93-66-75(82)67-94-100(89,90)96-71-77(69-92-79(84)63-56-49-42-37-30-33-40-47-54-61-74(6)7)98-81(86)65-58-51-44-36-29-28-32-39-46-53-60-73(4)5/h72-77,82H,8-71H2,1-7H3,(H,87,88)(H,89,90)/t75-,76-,77-/m1/s1. The van der Waals surface area contributed by atoms with Crippen LogP contribution in [0, 0.1) is 17.8 Å². The molecule has 0 aliphatic heterocycles. The zero-order valence-electron chi connectivity index (χ0n) is 65.7. The fourth-order valence-corrected chi connectivity index (χ4v) is 14.1. The van der Waals surface area contributed by atoms with Gasteiger partial charge in [0.2, 0.25) is 0 Å². The van der Waals surface area contributed by atoms with E-state index in [0.717, 1.165) is 108 Å². The van der Waals surface area contributed by atoms with Crippen LogP contribution in [0.15, 0.2) is 0 Å². The smallest absolute Gasteiger partial charge is 0.462 e. The van der Waals surface area contributed by atoms with E-state index in [9.17, 15) is 43.2 Å². The number of carbonyl (C=O) groups is 4. The van der Waals surface area contributed by atoms with Gasteiger partial charge in [0, 0.05) is 25.7 Å². The van der Waals surface area contributed by atoms with Crippen LogP contribution in [-0.2, 0) is 65.4 Å². The first-order valence-corrected chi connectivity index (χ1v) is 44.8. The number of rotatable bonds is 79. The second-order valence-corrected chi connectivity index (χ2v) is 33.5. The molecule has 0 bridgehead atoms. The SMILES string of the molecule is CCCCCCCCCCCCCCCCCCCCCCCC(=O)O[C@H](COC(=O)CCCCCCCCCCCCCC(C)C)COP(=O)(O)OC[C@@H](O)COP(=O)(O)OC[C@@H](COC(=O)CCCCCCCCCCCC(C)C)OC(=O)CCCCCCCCCCCCC(C)C. The summed E-state index contributed by atoms with van der Waals surface area (Å²) in [6, 6.07) is 0. The number of hydrogen-bond donors (Lipinski definition) is 3. The number of phosphoric acid groups is 2. The molecule has 100 heavy (non-hydrogen) atoms. The normalized spacial score (nSPS) is 14.0. The molecular weight excluding hydrogens is 1310 g/mol. The molecule has 0 aromatic heterocycles. The molecule has 0 radical (unpaired) electrons. The van der Waals surface area contributed by atoms with Crippen LogP contribution in [0.4, 0.5) is 0 Å². The van der Waals surface area contributed by atoms with E-state index in [-0.39, 0.29) is 25.7 Å². The number of esters is 4. The van der Waals surface area contributed by atoms with Crippen LogP contribution in [0.1, 0.15) is 421 Å². The van der Waals surface area contributed by atoms with Gasteiger partial charge in [-0.05, 0) is 43.4 Å². The lowest BCUT2D eigenvalue weighted by atomic mass is 10.0. The average molecular weight is 1470 g/mol. The second-order valence-electron chi connectivity index (χ2n) is 30.6. The Morgan fingerprint density at radius 2 is 0.460 bits per heavy atom. The molecule has 0 rings (SSSR count). The fourth-order valence-electron chi connectivity index (χ4n) is 12.5. The van der Waals surface area contributed by atoms with Gasteiger partial charge in [-0.1, -0.05) is 370 Å². The summed E-state index contributed by atoms with van der Waals surface area (Å²) >= 11 is 0. The van der Waals surface area contributed by atoms with E-state index in [1.54, 1.807) is 0 Å². The monoisotopic (exact) mass is 1470 g/mol. The summed E-state index contributed by atoms with van der Waals surface area (Å²) in [6.45, 7) is 11.9. The van der Waals surface area contributed by atoms with E-state index in [4.69, 9.17) is 37.0 Å². The maximum Gasteiger partial charge on any atom is 0.472 e. The van der Waals surface area contributed by atoms with Crippen LogP contribution in [0.3, 0.4) is 0 Å². The Balaban J connectivity index is 5.23. The highest BCUT2D eigenvalue weighted by Gasteiger charge is 2.30. The van der Waals surface area contributed by atoms with E-state index in [2.05, 4.69) is 48.5 Å². The molecule has 0 aliphatic rings. The highest BCUT2D eigenvalue weighted by atomic mass is 31.2. The van der Waals surface area contributed by atoms with Crippen molar-refractivity contribution in [2.45, 2.75) is 439 Å². The van der Waals surface area contributed by atoms with Gasteiger partial charge < -0.3 is 33.8 Å². The molecule has 0 amide bonds. The molecule has 5 atom stereocenters. The first-order valence-electron chi connectivity index (χ1n) is 41.8. The van der Waals surface area contributed by atoms with Gasteiger partial charge in [0.05, 0.1) is 26.4 Å². The van der Waals surface area contributed by atoms with Crippen molar-refractivity contribution < 1.29 is 80.2 Å². The molecule has 0 fully saturated rings. The van der Waals surface area contributed by atoms with Crippen molar-refractivity contribution in [1.29, 1.82) is 0 Å². The molecule has 0 heterocycles. The first-order chi connectivity index (χ1) is 48.2. The number of aliphatic hydroxyl groups is 1. The number of hydrogen-bond acceptors (Lipinski definition) is 15. The van der Waals surface area contributed by atoms with E-state index in [0.29, 0.717) is 25.7 Å². The van der Waals surface area contributed by atoms with Gasteiger partial charge >= 0.3 is 39.5 Å². The minimum Gasteiger partial charge on any atom is -0.462 e. The molecule has 0 saturated carbocycles. The Morgan fingerprint density at radius 3 is 0.680 bits per heavy atom. The highest BCUT2D eigenvalue weighted by Crippen LogP contribution is 2.45. The Morgan fingerprint density at radius 1 is 0.270 bits per heavy atom. The fraction of sp³-hybridized carbons (Fsp3) is 0.951. The summed E-state index contributed by atoms with van der Waals surface area (Å²) in [5.41, 5.74) is 0. The van der Waals surface area contributed by atoms with Crippen molar-refractivity contribution in [3.8, 4) is 0 Å². The summed E-state index contributed by atoms with van der Waals surface area (Å²) in [5, 5.41) is 10.6. The minimum atomic E-state index is -4.96. The lowest BCUT2D eigenvalue weighted by molar-refractivity contribution is -0.161.